The maximum absolute atomic E-state index is 8.21. The van der Waals surface area contributed by atoms with Crippen LogP contribution in [0.5, 0.6) is 0 Å². The van der Waals surface area contributed by atoms with Crippen LogP contribution in [-0.4, -0.2) is 34.1 Å². The van der Waals surface area contributed by atoms with Crippen LogP contribution in [0.4, 0.5) is 0 Å². The van der Waals surface area contributed by atoms with E-state index in [4.69, 9.17) is 11.5 Å². The van der Waals surface area contributed by atoms with Crippen LogP contribution in [0.3, 0.4) is 0 Å². The van der Waals surface area contributed by atoms with E-state index in [0.29, 0.717) is 0 Å². The van der Waals surface area contributed by atoms with Gasteiger partial charge in [0.2, 0.25) is 0 Å². The van der Waals surface area contributed by atoms with Crippen molar-refractivity contribution in [1.29, 1.82) is 0 Å². The van der Waals surface area contributed by atoms with Gasteiger partial charge in [-0.05, 0) is 74.0 Å². The van der Waals surface area contributed by atoms with Crippen LogP contribution < -0.4 is 0 Å². The SMILES string of the molecule is [Mg+2].[NH-]C12CC3CC(CC(C3)C1)C2.[NH-]C12CC3CC(CC(C3)C1)C2. The minimum absolute atomic E-state index is 0. The van der Waals surface area contributed by atoms with Gasteiger partial charge >= 0.3 is 23.1 Å². The minimum Gasteiger partial charge on any atom is -0.672 e. The fourth-order valence-corrected chi connectivity index (χ4v) is 8.22. The molecule has 2 N–H and O–H groups in total. The fraction of sp³-hybridized carbons (Fsp3) is 1.00. The van der Waals surface area contributed by atoms with Crippen molar-refractivity contribution >= 4 is 23.1 Å². The van der Waals surface area contributed by atoms with Gasteiger partial charge in [-0.2, -0.15) is 0 Å². The maximum Gasteiger partial charge on any atom is 2.00 e. The fourth-order valence-electron chi connectivity index (χ4n) is 8.22. The van der Waals surface area contributed by atoms with Gasteiger partial charge in [-0.1, -0.05) is 38.5 Å². The van der Waals surface area contributed by atoms with Crippen LogP contribution in [0.15, 0.2) is 0 Å². The second-order valence-corrected chi connectivity index (χ2v) is 10.4. The molecular formula is C20H32MgN2. The van der Waals surface area contributed by atoms with E-state index in [9.17, 15) is 0 Å². The summed E-state index contributed by atoms with van der Waals surface area (Å²) < 4.78 is 0. The number of rotatable bonds is 0. The molecule has 0 aromatic heterocycles. The molecular weight excluding hydrogens is 293 g/mol. The Morgan fingerprint density at radius 3 is 0.739 bits per heavy atom. The van der Waals surface area contributed by atoms with Crippen molar-refractivity contribution in [2.75, 3.05) is 0 Å². The zero-order valence-corrected chi connectivity index (χ0v) is 16.1. The topological polar surface area (TPSA) is 47.6 Å². The standard InChI is InChI=1S/2C10H16N.Mg/c2*11-10-4-7-1-8(5-10)3-9(2-7)6-10;/h2*7-9,11H,1-6H2;/q2*-1;+2. The Morgan fingerprint density at radius 1 is 0.435 bits per heavy atom. The molecule has 0 radical (unpaired) electrons. The van der Waals surface area contributed by atoms with E-state index in [1.807, 2.05) is 0 Å². The van der Waals surface area contributed by atoms with E-state index >= 15 is 0 Å². The van der Waals surface area contributed by atoms with Crippen LogP contribution in [-0.2, 0) is 0 Å². The molecule has 0 aromatic rings. The van der Waals surface area contributed by atoms with Crippen LogP contribution >= 0.6 is 0 Å². The average molecular weight is 325 g/mol. The average Bonchev–Trinajstić information content (AvgIpc) is 2.32. The predicted octanol–water partition coefficient (Wildman–Crippen LogP) is 5.63. The van der Waals surface area contributed by atoms with Crippen molar-refractivity contribution in [1.82, 2.24) is 0 Å². The van der Waals surface area contributed by atoms with Gasteiger partial charge in [-0.3, -0.25) is 0 Å². The van der Waals surface area contributed by atoms with Crippen LogP contribution in [0.1, 0.15) is 77.0 Å². The Hall–Kier alpha value is 0.686. The van der Waals surface area contributed by atoms with E-state index < -0.39 is 0 Å². The molecule has 23 heavy (non-hydrogen) atoms. The summed E-state index contributed by atoms with van der Waals surface area (Å²) >= 11 is 0. The first-order valence-corrected chi connectivity index (χ1v) is 9.97. The summed E-state index contributed by atoms with van der Waals surface area (Å²) in [4.78, 5) is 0. The second-order valence-electron chi connectivity index (χ2n) is 10.4. The Balaban J connectivity index is 0.000000113. The Kier molecular flexibility index (Phi) is 4.36. The molecule has 124 valence electrons. The summed E-state index contributed by atoms with van der Waals surface area (Å²) in [5.74, 6) is 5.74. The van der Waals surface area contributed by atoms with Crippen molar-refractivity contribution in [3.8, 4) is 0 Å². The molecule has 8 bridgehead atoms. The largest absolute Gasteiger partial charge is 2.00 e. The molecule has 8 aliphatic carbocycles. The van der Waals surface area contributed by atoms with Gasteiger partial charge in [0.05, 0.1) is 0 Å². The molecule has 8 fully saturated rings. The molecule has 8 saturated carbocycles. The van der Waals surface area contributed by atoms with E-state index in [1.165, 1.54) is 77.0 Å². The molecule has 0 aliphatic heterocycles. The Morgan fingerprint density at radius 2 is 0.609 bits per heavy atom. The van der Waals surface area contributed by atoms with Gasteiger partial charge in [0.1, 0.15) is 0 Å². The Labute approximate surface area is 158 Å². The van der Waals surface area contributed by atoms with Gasteiger partial charge in [0.25, 0.3) is 0 Å². The van der Waals surface area contributed by atoms with Gasteiger partial charge in [0, 0.05) is 0 Å². The first kappa shape index (κ1) is 17.1. The smallest absolute Gasteiger partial charge is 0.672 e. The normalized spacial score (nSPS) is 57.7. The second kappa shape index (κ2) is 5.86. The van der Waals surface area contributed by atoms with Crippen LogP contribution in [0.25, 0.3) is 11.5 Å². The van der Waals surface area contributed by atoms with Crippen LogP contribution in [0.2, 0.25) is 0 Å². The van der Waals surface area contributed by atoms with Crippen molar-refractivity contribution in [3.63, 3.8) is 0 Å². The molecule has 0 unspecified atom stereocenters. The molecule has 3 heteroatoms. The summed E-state index contributed by atoms with van der Waals surface area (Å²) in [7, 11) is 0. The monoisotopic (exact) mass is 324 g/mol. The summed E-state index contributed by atoms with van der Waals surface area (Å²) in [6.07, 6.45) is 16.2. The zero-order valence-electron chi connectivity index (χ0n) is 14.7. The van der Waals surface area contributed by atoms with Gasteiger partial charge in [-0.15, -0.1) is 11.1 Å². The molecule has 0 spiro atoms. The van der Waals surface area contributed by atoms with Gasteiger partial charge in [-0.25, -0.2) is 0 Å². The first-order valence-electron chi connectivity index (χ1n) is 9.97. The molecule has 2 nitrogen and oxygen atoms in total. The minimum atomic E-state index is 0. The number of hydrogen-bond acceptors (Lipinski definition) is 0. The summed E-state index contributed by atoms with van der Waals surface area (Å²) in [5, 5.41) is 0. The Bertz CT molecular complexity index is 348. The maximum atomic E-state index is 8.21. The molecule has 0 atom stereocenters. The summed E-state index contributed by atoms with van der Waals surface area (Å²) in [6.45, 7) is 0. The van der Waals surface area contributed by atoms with Crippen molar-refractivity contribution in [2.45, 2.75) is 88.1 Å². The van der Waals surface area contributed by atoms with E-state index in [1.54, 1.807) is 0 Å². The molecule has 8 rings (SSSR count). The third kappa shape index (κ3) is 3.25. The van der Waals surface area contributed by atoms with E-state index in [0.717, 1.165) is 35.5 Å². The third-order valence-corrected chi connectivity index (χ3v) is 8.08. The molecule has 0 amide bonds. The van der Waals surface area contributed by atoms with E-state index in [2.05, 4.69) is 0 Å². The molecule has 0 heterocycles. The van der Waals surface area contributed by atoms with Gasteiger partial charge < -0.3 is 11.5 Å². The molecule has 8 aliphatic rings. The van der Waals surface area contributed by atoms with Crippen molar-refractivity contribution in [3.05, 3.63) is 11.5 Å². The molecule has 0 saturated heterocycles. The summed E-state index contributed by atoms with van der Waals surface area (Å²) in [6, 6.07) is 0. The zero-order chi connectivity index (χ0) is 14.9. The summed E-state index contributed by atoms with van der Waals surface area (Å²) in [5.41, 5.74) is 16.5. The first-order chi connectivity index (χ1) is 10.5. The quantitative estimate of drug-likeness (QED) is 0.518. The number of nitrogens with one attached hydrogen (secondary N) is 2. The van der Waals surface area contributed by atoms with Crippen LogP contribution in [0, 0.1) is 35.5 Å². The predicted molar refractivity (Wildman–Crippen MR) is 96.2 cm³/mol. The van der Waals surface area contributed by atoms with Gasteiger partial charge in [0.15, 0.2) is 0 Å². The van der Waals surface area contributed by atoms with E-state index in [-0.39, 0.29) is 34.1 Å². The third-order valence-electron chi connectivity index (χ3n) is 8.08. The van der Waals surface area contributed by atoms with Crippen molar-refractivity contribution < 1.29 is 0 Å². The van der Waals surface area contributed by atoms with Crippen molar-refractivity contribution in [2.24, 2.45) is 35.5 Å². The number of hydrogen-bond donors (Lipinski definition) is 0. The molecule has 0 aromatic carbocycles.